The summed E-state index contributed by atoms with van der Waals surface area (Å²) in [4.78, 5) is 22.9. The van der Waals surface area contributed by atoms with Crippen molar-refractivity contribution in [3.63, 3.8) is 0 Å². The molecule has 1 aromatic rings. The zero-order valence-corrected chi connectivity index (χ0v) is 11.8. The third-order valence-electron chi connectivity index (χ3n) is 2.38. The van der Waals surface area contributed by atoms with Gasteiger partial charge in [0.05, 0.1) is 17.3 Å². The Balaban J connectivity index is 2.74. The summed E-state index contributed by atoms with van der Waals surface area (Å²) in [7, 11) is 0. The van der Waals surface area contributed by atoms with Crippen molar-refractivity contribution in [3.8, 4) is 0 Å². The van der Waals surface area contributed by atoms with Gasteiger partial charge in [-0.15, -0.1) is 0 Å². The molecule has 0 atom stereocenters. The van der Waals surface area contributed by atoms with Crippen molar-refractivity contribution in [2.45, 2.75) is 20.3 Å². The molecule has 0 saturated heterocycles. The molecular weight excluding hydrogens is 266 g/mol. The first-order chi connectivity index (χ1) is 9.06. The molecule has 0 fully saturated rings. The summed E-state index contributed by atoms with van der Waals surface area (Å²) in [5.74, 6) is -0.269. The van der Waals surface area contributed by atoms with Crippen LogP contribution < -0.4 is 16.0 Å². The average Bonchev–Trinajstić information content (AvgIpc) is 2.40. The second-order valence-electron chi connectivity index (χ2n) is 3.92. The number of halogens is 1. The second-order valence-corrected chi connectivity index (χ2v) is 4.33. The van der Waals surface area contributed by atoms with E-state index in [1.165, 1.54) is 0 Å². The largest absolute Gasteiger partial charge is 0.326 e. The smallest absolute Gasteiger partial charge is 0.238 e. The van der Waals surface area contributed by atoms with Crippen molar-refractivity contribution in [3.05, 3.63) is 23.2 Å². The van der Waals surface area contributed by atoms with E-state index in [0.717, 1.165) is 0 Å². The molecule has 0 aliphatic carbocycles. The molecule has 1 aromatic carbocycles. The van der Waals surface area contributed by atoms with Crippen LogP contribution in [-0.4, -0.2) is 24.9 Å². The molecule has 0 saturated carbocycles. The van der Waals surface area contributed by atoms with Gasteiger partial charge in [0.1, 0.15) is 0 Å². The van der Waals surface area contributed by atoms with E-state index in [1.54, 1.807) is 25.1 Å². The molecule has 6 heteroatoms. The quantitative estimate of drug-likeness (QED) is 0.750. The summed E-state index contributed by atoms with van der Waals surface area (Å²) in [6, 6.07) is 4.96. The minimum Gasteiger partial charge on any atom is -0.326 e. The second kappa shape index (κ2) is 7.76. The van der Waals surface area contributed by atoms with Gasteiger partial charge in [0.2, 0.25) is 11.8 Å². The number of nitrogens with one attached hydrogen (secondary N) is 3. The van der Waals surface area contributed by atoms with E-state index >= 15 is 0 Å². The number of likely N-dealkylation sites (N-methyl/N-ethyl adjacent to an activating group) is 1. The zero-order chi connectivity index (χ0) is 14.3. The number of carbonyl (C=O) groups excluding carboxylic acids is 2. The summed E-state index contributed by atoms with van der Waals surface area (Å²) < 4.78 is 0. The number of hydrogen-bond donors (Lipinski definition) is 3. The van der Waals surface area contributed by atoms with Crippen LogP contribution >= 0.6 is 11.6 Å². The van der Waals surface area contributed by atoms with Crippen LogP contribution in [0.5, 0.6) is 0 Å². The number of benzene rings is 1. The zero-order valence-electron chi connectivity index (χ0n) is 11.0. The van der Waals surface area contributed by atoms with Crippen LogP contribution in [0.1, 0.15) is 20.3 Å². The minimum absolute atomic E-state index is 0.0905. The molecule has 19 heavy (non-hydrogen) atoms. The third kappa shape index (κ3) is 5.28. The molecular formula is C13H18ClN3O2. The van der Waals surface area contributed by atoms with E-state index in [1.807, 2.05) is 6.92 Å². The lowest BCUT2D eigenvalue weighted by atomic mass is 10.2. The van der Waals surface area contributed by atoms with Gasteiger partial charge in [-0.2, -0.15) is 0 Å². The molecule has 0 aliphatic rings. The Labute approximate surface area is 117 Å². The summed E-state index contributed by atoms with van der Waals surface area (Å²) in [5.41, 5.74) is 1.09. The van der Waals surface area contributed by atoms with Crippen molar-refractivity contribution in [1.29, 1.82) is 0 Å². The first-order valence-corrected chi connectivity index (χ1v) is 6.54. The molecule has 0 aliphatic heterocycles. The van der Waals surface area contributed by atoms with Crippen molar-refractivity contribution < 1.29 is 9.59 Å². The van der Waals surface area contributed by atoms with Crippen molar-refractivity contribution in [2.75, 3.05) is 23.7 Å². The van der Waals surface area contributed by atoms with Gasteiger partial charge >= 0.3 is 0 Å². The van der Waals surface area contributed by atoms with E-state index in [-0.39, 0.29) is 18.4 Å². The van der Waals surface area contributed by atoms with Crippen LogP contribution in [-0.2, 0) is 9.59 Å². The van der Waals surface area contributed by atoms with Gasteiger partial charge in [-0.3, -0.25) is 9.59 Å². The number of carbonyl (C=O) groups is 2. The average molecular weight is 284 g/mol. The normalized spacial score (nSPS) is 10.1. The summed E-state index contributed by atoms with van der Waals surface area (Å²) >= 11 is 6.00. The standard InChI is InChI=1S/C13H18ClN3O2/c1-3-12(18)16-9-5-6-10(14)11(7-9)17-13(19)8-15-4-2/h5-7,15H,3-4,8H2,1-2H3,(H,16,18)(H,17,19). The molecule has 0 heterocycles. The summed E-state index contributed by atoms with van der Waals surface area (Å²) in [6.45, 7) is 4.62. The fraction of sp³-hybridized carbons (Fsp3) is 0.385. The van der Waals surface area contributed by atoms with E-state index in [2.05, 4.69) is 16.0 Å². The molecule has 0 spiro atoms. The number of hydrogen-bond acceptors (Lipinski definition) is 3. The third-order valence-corrected chi connectivity index (χ3v) is 2.71. The van der Waals surface area contributed by atoms with Gasteiger partial charge in [-0.1, -0.05) is 25.4 Å². The highest BCUT2D eigenvalue weighted by atomic mass is 35.5. The maximum Gasteiger partial charge on any atom is 0.238 e. The Morgan fingerprint density at radius 2 is 1.89 bits per heavy atom. The molecule has 0 unspecified atom stereocenters. The van der Waals surface area contributed by atoms with Crippen LogP contribution in [0.15, 0.2) is 18.2 Å². The number of anilines is 2. The van der Waals surface area contributed by atoms with E-state index in [9.17, 15) is 9.59 Å². The van der Waals surface area contributed by atoms with Crippen LogP contribution in [0.4, 0.5) is 11.4 Å². The lowest BCUT2D eigenvalue weighted by molar-refractivity contribution is -0.116. The Kier molecular flexibility index (Phi) is 6.32. The molecule has 0 aromatic heterocycles. The first kappa shape index (κ1) is 15.5. The lowest BCUT2D eigenvalue weighted by Gasteiger charge is -2.10. The predicted octanol–water partition coefficient (Wildman–Crippen LogP) is 2.24. The predicted molar refractivity (Wildman–Crippen MR) is 77.5 cm³/mol. The van der Waals surface area contributed by atoms with Crippen LogP contribution in [0.3, 0.4) is 0 Å². The fourth-order valence-corrected chi connectivity index (χ4v) is 1.55. The van der Waals surface area contributed by atoms with Gasteiger partial charge in [-0.05, 0) is 24.7 Å². The highest BCUT2D eigenvalue weighted by molar-refractivity contribution is 6.33. The highest BCUT2D eigenvalue weighted by Crippen LogP contribution is 2.25. The maximum atomic E-state index is 11.6. The Bertz CT molecular complexity index is 463. The topological polar surface area (TPSA) is 70.2 Å². The van der Waals surface area contributed by atoms with Crippen molar-refractivity contribution >= 4 is 34.8 Å². The summed E-state index contributed by atoms with van der Waals surface area (Å²) in [6.07, 6.45) is 0.394. The molecule has 0 radical (unpaired) electrons. The monoisotopic (exact) mass is 283 g/mol. The first-order valence-electron chi connectivity index (χ1n) is 6.16. The summed E-state index contributed by atoms with van der Waals surface area (Å²) in [5, 5.41) is 8.75. The van der Waals surface area contributed by atoms with E-state index < -0.39 is 0 Å². The fourth-order valence-electron chi connectivity index (χ4n) is 1.38. The van der Waals surface area contributed by atoms with Crippen LogP contribution in [0.25, 0.3) is 0 Å². The van der Waals surface area contributed by atoms with Crippen LogP contribution in [0.2, 0.25) is 5.02 Å². The van der Waals surface area contributed by atoms with E-state index in [4.69, 9.17) is 11.6 Å². The lowest BCUT2D eigenvalue weighted by Crippen LogP contribution is -2.27. The molecule has 5 nitrogen and oxygen atoms in total. The SMILES string of the molecule is CCNCC(=O)Nc1cc(NC(=O)CC)ccc1Cl. The Morgan fingerprint density at radius 3 is 2.53 bits per heavy atom. The van der Waals surface area contributed by atoms with Gasteiger partial charge in [-0.25, -0.2) is 0 Å². The Hall–Kier alpha value is -1.59. The highest BCUT2D eigenvalue weighted by Gasteiger charge is 2.07. The minimum atomic E-state index is -0.178. The van der Waals surface area contributed by atoms with Gasteiger partial charge in [0.15, 0.2) is 0 Å². The molecule has 3 N–H and O–H groups in total. The Morgan fingerprint density at radius 1 is 1.16 bits per heavy atom. The van der Waals surface area contributed by atoms with E-state index in [0.29, 0.717) is 29.4 Å². The van der Waals surface area contributed by atoms with Crippen LogP contribution in [0, 0.1) is 0 Å². The molecule has 0 bridgehead atoms. The molecule has 104 valence electrons. The van der Waals surface area contributed by atoms with Crippen molar-refractivity contribution in [1.82, 2.24) is 5.32 Å². The number of rotatable bonds is 6. The van der Waals surface area contributed by atoms with Gasteiger partial charge in [0, 0.05) is 12.1 Å². The molecule has 2 amide bonds. The van der Waals surface area contributed by atoms with Gasteiger partial charge < -0.3 is 16.0 Å². The van der Waals surface area contributed by atoms with Crippen molar-refractivity contribution in [2.24, 2.45) is 0 Å². The molecule has 1 rings (SSSR count). The number of amides is 2. The van der Waals surface area contributed by atoms with Gasteiger partial charge in [0.25, 0.3) is 0 Å². The maximum absolute atomic E-state index is 11.6.